The summed E-state index contributed by atoms with van der Waals surface area (Å²) in [5, 5.41) is 11.9. The second-order valence-corrected chi connectivity index (χ2v) is 24.6. The average molecular weight is 1400 g/mol. The first-order valence-corrected chi connectivity index (χ1v) is 33.8. The van der Waals surface area contributed by atoms with Crippen LogP contribution >= 0.6 is 0 Å². The van der Waals surface area contributed by atoms with E-state index in [9.17, 15) is 19.5 Å². The molecule has 12 rings (SSSR count). The van der Waals surface area contributed by atoms with Gasteiger partial charge in [-0.15, -0.1) is 0 Å². The number of carbonyl (C=O) groups excluding carboxylic acids is 5. The third-order valence-corrected chi connectivity index (χ3v) is 17.5. The van der Waals surface area contributed by atoms with E-state index in [0.717, 1.165) is 22.3 Å². The smallest absolute Gasteiger partial charge is 0.338 e. The van der Waals surface area contributed by atoms with Crippen LogP contribution in [0.2, 0.25) is 0 Å². The van der Waals surface area contributed by atoms with Crippen molar-refractivity contribution >= 4 is 29.8 Å². The van der Waals surface area contributed by atoms with E-state index in [1.807, 2.05) is 121 Å². The van der Waals surface area contributed by atoms with Crippen LogP contribution in [0.1, 0.15) is 81.0 Å². The summed E-state index contributed by atoms with van der Waals surface area (Å²) in [6.45, 7) is 0.875. The molecule has 3 aliphatic heterocycles. The third kappa shape index (κ3) is 19.3. The Labute approximate surface area is 595 Å². The molecule has 0 aromatic heterocycles. The maximum absolute atomic E-state index is 15.3. The van der Waals surface area contributed by atoms with Crippen LogP contribution in [0.25, 0.3) is 0 Å². The molecule has 3 heterocycles. The normalized spacial score (nSPS) is 24.5. The Hall–Kier alpha value is -10.3. The van der Waals surface area contributed by atoms with Crippen LogP contribution in [0, 0.1) is 0 Å². The molecule has 21 nitrogen and oxygen atoms in total. The van der Waals surface area contributed by atoms with Crippen LogP contribution < -0.4 is 4.74 Å². The molecule has 103 heavy (non-hydrogen) atoms. The summed E-state index contributed by atoms with van der Waals surface area (Å²) in [5.41, 5.74) is 3.58. The average Bonchev–Trinajstić information content (AvgIpc) is 0.762. The Morgan fingerprint density at radius 2 is 0.670 bits per heavy atom. The summed E-state index contributed by atoms with van der Waals surface area (Å²) >= 11 is 0. The molecule has 9 aromatic rings. The lowest BCUT2D eigenvalue weighted by atomic mass is 9.95. The Morgan fingerprint density at radius 1 is 0.330 bits per heavy atom. The molecule has 0 saturated carbocycles. The number of hydrogen-bond acceptors (Lipinski definition) is 21. The van der Waals surface area contributed by atoms with Gasteiger partial charge in [-0.1, -0.05) is 194 Å². The van der Waals surface area contributed by atoms with Crippen LogP contribution in [-0.4, -0.2) is 147 Å². The van der Waals surface area contributed by atoms with Gasteiger partial charge in [-0.3, -0.25) is 0 Å². The highest BCUT2D eigenvalue weighted by molar-refractivity contribution is 5.92. The number of methoxy groups -OCH3 is 1. The second kappa shape index (κ2) is 36.0. The fourth-order valence-electron chi connectivity index (χ4n) is 12.2. The molecule has 0 amide bonds. The number of benzene rings is 9. The van der Waals surface area contributed by atoms with Gasteiger partial charge in [-0.2, -0.15) is 0 Å². The molecular formula is C82H78O21. The van der Waals surface area contributed by atoms with E-state index in [0.29, 0.717) is 5.75 Å². The van der Waals surface area contributed by atoms with Gasteiger partial charge in [-0.05, 0) is 102 Å². The molecule has 15 atom stereocenters. The lowest BCUT2D eigenvalue weighted by Crippen LogP contribution is -2.68. The Balaban J connectivity index is 1.01. The van der Waals surface area contributed by atoms with Crippen molar-refractivity contribution in [3.63, 3.8) is 0 Å². The third-order valence-electron chi connectivity index (χ3n) is 17.5. The molecule has 532 valence electrons. The number of hydrogen-bond donors (Lipinski definition) is 1. The van der Waals surface area contributed by atoms with Crippen LogP contribution in [0.5, 0.6) is 5.75 Å². The Morgan fingerprint density at radius 3 is 1.11 bits per heavy atom. The first-order valence-electron chi connectivity index (χ1n) is 33.8. The Kier molecular flexibility index (Phi) is 25.4. The number of aliphatic hydroxyl groups is 1. The SMILES string of the molecule is COc1ccc(C(=O)OC[C@H]2O[C@@H](O[C@H]3[C@H](OC(=O)c4ccccc4)[C@@H](OC(=O)c4ccccc4)[C@H](O)O[C@@H]3C)[C@H](OC(=O)c3ccccc3)[C@@H](OC(=O)c3ccccc3)[C@H]2O[C@H]2O[C@H](COCc3ccccc3)[C@H](OCc3ccccc3)[C@H](OCc3ccccc3)[C@H]2OCc2ccccc2)cc1. The zero-order chi connectivity index (χ0) is 71.3. The fourth-order valence-corrected chi connectivity index (χ4v) is 12.2. The van der Waals surface area contributed by atoms with Gasteiger partial charge in [-0.25, -0.2) is 24.0 Å². The van der Waals surface area contributed by atoms with E-state index in [2.05, 4.69) is 0 Å². The molecule has 0 unspecified atom stereocenters. The first kappa shape index (κ1) is 72.5. The highest BCUT2D eigenvalue weighted by atomic mass is 16.8. The van der Waals surface area contributed by atoms with Crippen molar-refractivity contribution in [1.29, 1.82) is 0 Å². The second-order valence-electron chi connectivity index (χ2n) is 24.6. The van der Waals surface area contributed by atoms with E-state index >= 15 is 9.59 Å². The highest BCUT2D eigenvalue weighted by Crippen LogP contribution is 2.40. The lowest BCUT2D eigenvalue weighted by molar-refractivity contribution is -0.380. The molecule has 9 aromatic carbocycles. The molecule has 3 fully saturated rings. The van der Waals surface area contributed by atoms with Crippen LogP contribution in [0.15, 0.2) is 267 Å². The minimum absolute atomic E-state index is 0.0326. The quantitative estimate of drug-likeness (QED) is 0.0338. The summed E-state index contributed by atoms with van der Waals surface area (Å²) in [6.07, 6.45) is -23.7. The molecule has 0 aliphatic carbocycles. The molecule has 0 radical (unpaired) electrons. The van der Waals surface area contributed by atoms with Gasteiger partial charge in [0.25, 0.3) is 0 Å². The minimum atomic E-state index is -1.99. The van der Waals surface area contributed by atoms with Gasteiger partial charge in [0.2, 0.25) is 0 Å². The van der Waals surface area contributed by atoms with E-state index in [4.69, 9.17) is 71.1 Å². The van der Waals surface area contributed by atoms with E-state index in [1.165, 1.54) is 74.7 Å². The summed E-state index contributed by atoms with van der Waals surface area (Å²) < 4.78 is 100. The van der Waals surface area contributed by atoms with Crippen molar-refractivity contribution < 1.29 is 100 Å². The van der Waals surface area contributed by atoms with Crippen molar-refractivity contribution in [3.8, 4) is 5.75 Å². The van der Waals surface area contributed by atoms with Crippen LogP contribution in [0.3, 0.4) is 0 Å². The number of esters is 5. The van der Waals surface area contributed by atoms with Crippen LogP contribution in [0.4, 0.5) is 0 Å². The number of aliphatic hydroxyl groups excluding tert-OH is 1. The lowest BCUT2D eigenvalue weighted by Gasteiger charge is -2.50. The molecule has 0 spiro atoms. The van der Waals surface area contributed by atoms with Gasteiger partial charge < -0.3 is 76.2 Å². The first-order chi connectivity index (χ1) is 50.4. The van der Waals surface area contributed by atoms with Crippen molar-refractivity contribution in [2.75, 3.05) is 20.3 Å². The summed E-state index contributed by atoms with van der Waals surface area (Å²) in [6, 6.07) is 75.9. The maximum atomic E-state index is 15.3. The fraction of sp³-hybridized carbons (Fsp3) is 0.280. The zero-order valence-electron chi connectivity index (χ0n) is 56.4. The molecule has 0 bridgehead atoms. The monoisotopic (exact) mass is 1400 g/mol. The number of rotatable bonds is 29. The van der Waals surface area contributed by atoms with Gasteiger partial charge in [0.1, 0.15) is 55.1 Å². The van der Waals surface area contributed by atoms with Gasteiger partial charge in [0, 0.05) is 0 Å². The van der Waals surface area contributed by atoms with Crippen LogP contribution in [-0.2, 0) is 92.7 Å². The van der Waals surface area contributed by atoms with Crippen molar-refractivity contribution in [3.05, 3.63) is 317 Å². The molecule has 3 aliphatic rings. The van der Waals surface area contributed by atoms with Crippen molar-refractivity contribution in [2.45, 2.75) is 125 Å². The number of carbonyl (C=O) groups is 5. The van der Waals surface area contributed by atoms with Gasteiger partial charge in [0.05, 0.1) is 74.1 Å². The van der Waals surface area contributed by atoms with Crippen molar-refractivity contribution in [2.24, 2.45) is 0 Å². The predicted octanol–water partition coefficient (Wildman–Crippen LogP) is 11.7. The topological polar surface area (TPSA) is 244 Å². The minimum Gasteiger partial charge on any atom is -0.497 e. The summed E-state index contributed by atoms with van der Waals surface area (Å²) in [4.78, 5) is 73.5. The van der Waals surface area contributed by atoms with E-state index < -0.39 is 129 Å². The molecule has 21 heteroatoms. The Bertz CT molecular complexity index is 4110. The zero-order valence-corrected chi connectivity index (χ0v) is 56.4. The predicted molar refractivity (Wildman–Crippen MR) is 371 cm³/mol. The van der Waals surface area contributed by atoms with Gasteiger partial charge >= 0.3 is 29.8 Å². The van der Waals surface area contributed by atoms with E-state index in [-0.39, 0.29) is 60.9 Å². The maximum Gasteiger partial charge on any atom is 0.338 e. The molecule has 1 N–H and O–H groups in total. The standard InChI is InChI=1S/C82H78O21/c1-53-66(70(98-76(84)58-35-19-7-20-36-58)72(80(88)95-53)100-78(86)60-39-23-9-24-40-60)102-82-74(101-79(87)61-41-25-10-26-42-61)71(99-77(85)59-37-21-8-22-38-59)68(65(97-82)52-94-75(83)62-43-45-63(89-2)46-44-62)103-81-73(93-50-57-33-17-6-18-34-57)69(92-49-56-31-15-5-16-32-56)67(91-48-55-29-13-4-14-30-55)64(96-81)51-90-47-54-27-11-3-12-28-54/h3-46,53,64-74,80-82,88H,47-52H2,1-2H3/t53-,64-,65-,66-,67+,68+,69+,70+,71+,72-,73-,74-,80-,81-,82+/m1/s1. The largest absolute Gasteiger partial charge is 0.497 e. The van der Waals surface area contributed by atoms with E-state index in [1.54, 1.807) is 84.9 Å². The molecular weight excluding hydrogens is 1320 g/mol. The summed E-state index contributed by atoms with van der Waals surface area (Å²) in [7, 11) is 1.48. The summed E-state index contributed by atoms with van der Waals surface area (Å²) in [5.74, 6) is -4.18. The van der Waals surface area contributed by atoms with Crippen molar-refractivity contribution in [1.82, 2.24) is 0 Å². The molecule has 3 saturated heterocycles. The van der Waals surface area contributed by atoms with Gasteiger partial charge in [0.15, 0.2) is 43.3 Å². The highest BCUT2D eigenvalue weighted by Gasteiger charge is 2.59. The number of ether oxygens (including phenoxy) is 15.